The van der Waals surface area contributed by atoms with E-state index in [4.69, 9.17) is 18.9 Å². The minimum Gasteiger partial charge on any atom is -0.394 e. The van der Waals surface area contributed by atoms with Gasteiger partial charge in [0.15, 0.2) is 12.5 Å². The van der Waals surface area contributed by atoms with E-state index in [-0.39, 0.29) is 61.6 Å². The van der Waals surface area contributed by atoms with Crippen LogP contribution in [0.25, 0.3) is 87.2 Å². The highest BCUT2D eigenvalue weighted by molar-refractivity contribution is 6.41. The molecule has 4 saturated heterocycles. The number of nitrogens with one attached hydrogen (secondary N) is 4. The number of aliphatic hydroxyl groups excluding tert-OH is 6. The summed E-state index contributed by atoms with van der Waals surface area (Å²) in [6.07, 6.45) is -9.12. The van der Waals surface area contributed by atoms with E-state index in [2.05, 4.69) is 20.6 Å². The van der Waals surface area contributed by atoms with E-state index in [0.717, 1.165) is 19.3 Å². The summed E-state index contributed by atoms with van der Waals surface area (Å²) < 4.78 is 83.3. The van der Waals surface area contributed by atoms with E-state index in [9.17, 15) is 67.4 Å². The Morgan fingerprint density at radius 2 is 0.887 bits per heavy atom. The maximum Gasteiger partial charge on any atom is 0.259 e. The molecule has 0 aliphatic carbocycles. The number of ether oxygens (including phenoxy) is 4. The fraction of sp³-hybridized carbons (Fsp3) is 0.286. The highest BCUT2D eigenvalue weighted by atomic mass is 19.1. The Labute approximate surface area is 444 Å². The lowest BCUT2D eigenvalue weighted by Gasteiger charge is -2.41. The van der Waals surface area contributed by atoms with Crippen LogP contribution < -0.4 is 10.6 Å². The van der Waals surface area contributed by atoms with Crippen molar-refractivity contribution in [2.45, 2.75) is 74.1 Å². The number of nitrogens with zero attached hydrogens (tertiary/aromatic N) is 2. The first-order valence-electron chi connectivity index (χ1n) is 25.6. The number of carbonyl (C=O) groups excluding carboxylic acids is 4. The van der Waals surface area contributed by atoms with Gasteiger partial charge in [0.05, 0.1) is 68.6 Å². The van der Waals surface area contributed by atoms with E-state index >= 15 is 0 Å². The van der Waals surface area contributed by atoms with E-state index in [0.29, 0.717) is 54.5 Å². The van der Waals surface area contributed by atoms with Crippen LogP contribution in [0.2, 0.25) is 0 Å². The fourth-order valence-electron chi connectivity index (χ4n) is 12.5. The van der Waals surface area contributed by atoms with Crippen molar-refractivity contribution in [1.82, 2.24) is 29.7 Å². The molecule has 0 bridgehead atoms. The van der Waals surface area contributed by atoms with E-state index in [1.54, 1.807) is 4.57 Å². The minimum atomic E-state index is -1.72. The number of halogens is 4. The number of carbonyl (C=O) groups is 4. The first-order chi connectivity index (χ1) is 38.6. The molecule has 4 aromatic heterocycles. The Kier molecular flexibility index (Phi) is 11.5. The van der Waals surface area contributed by atoms with E-state index in [1.807, 2.05) is 0 Å². The van der Waals surface area contributed by atoms with Crippen LogP contribution >= 0.6 is 0 Å². The van der Waals surface area contributed by atoms with Crippen molar-refractivity contribution >= 4 is 111 Å². The lowest BCUT2D eigenvalue weighted by atomic mass is 9.96. The van der Waals surface area contributed by atoms with Gasteiger partial charge in [0.25, 0.3) is 23.6 Å². The van der Waals surface area contributed by atoms with E-state index < -0.39 is 115 Å². The van der Waals surface area contributed by atoms with Crippen LogP contribution in [0.5, 0.6) is 0 Å². The molecule has 0 radical (unpaired) electrons. The molecule has 6 aliphatic heterocycles. The van der Waals surface area contributed by atoms with Gasteiger partial charge in [0.1, 0.15) is 72.1 Å². The molecular formula is C56H44F4N6O14. The molecule has 0 spiro atoms. The number of epoxide rings is 1. The molecule has 4 amide bonds. The van der Waals surface area contributed by atoms with Crippen molar-refractivity contribution in [3.63, 3.8) is 0 Å². The summed E-state index contributed by atoms with van der Waals surface area (Å²) in [6, 6.07) is 15.7. The number of benzene rings is 6. The first-order valence-corrected chi connectivity index (χ1v) is 25.6. The first kappa shape index (κ1) is 50.3. The number of rotatable bonds is 4. The summed E-state index contributed by atoms with van der Waals surface area (Å²) >= 11 is 0. The lowest BCUT2D eigenvalue weighted by Crippen LogP contribution is -2.56. The molecule has 6 aromatic carbocycles. The number of aromatic nitrogens is 4. The molecule has 10 atom stereocenters. The van der Waals surface area contributed by atoms with Crippen LogP contribution in [-0.2, 0) is 18.9 Å². The second-order valence-electron chi connectivity index (χ2n) is 20.5. The van der Waals surface area contributed by atoms with Gasteiger partial charge in [-0.3, -0.25) is 29.8 Å². The fourth-order valence-corrected chi connectivity index (χ4v) is 12.5. The number of aliphatic hydroxyl groups is 6. The topological polar surface area (TPSA) is 295 Å². The molecule has 2 unspecified atom stereocenters. The zero-order valence-electron chi connectivity index (χ0n) is 41.3. The standard InChI is InChI=1S/C26H19F2N3O7.C26H17F2N3O6.C4H8O/c27-8-1-3-12-10(5-8)15-17-18(25(37)30-24(17)36)16-11-6-9(28)2-4-13(11)31(20(16)19(15)29-12)26-23(35)22(34)21(33)14(7-32)38-26;27-8-1-3-12-10(5-8)15-17-18(25(35)30-24(17)34)16-11-6-9(28)2-4-13(11)31(20(16)19(15)29-12)26-21(33)23-22(37-23)14(7-32)36-26;1-2-4-5-3-1/h1-6,14,21-23,26,29,32-35H,7H2,(H,30,36,37);1-6,14,21-23,26,29,32-33H,7H2,(H,30,34,35);1-4H2/t14-,21-,22+,23-,26?;14-,21-,22-,23+,26?;/m11./s1. The number of hydrogen-bond acceptors (Lipinski definition) is 14. The lowest BCUT2D eigenvalue weighted by molar-refractivity contribution is -0.249. The summed E-state index contributed by atoms with van der Waals surface area (Å²) in [5, 5.41) is 69.5. The summed E-state index contributed by atoms with van der Waals surface area (Å²) in [5.74, 6) is -5.04. The highest BCUT2D eigenvalue weighted by Crippen LogP contribution is 2.50. The number of hydrogen-bond donors (Lipinski definition) is 10. The molecule has 20 nitrogen and oxygen atoms in total. The monoisotopic (exact) mass is 1100 g/mol. The van der Waals surface area contributed by atoms with Crippen molar-refractivity contribution in [3.8, 4) is 0 Å². The Bertz CT molecular complexity index is 4370. The molecule has 10 aromatic rings. The molecular weight excluding hydrogens is 1060 g/mol. The molecule has 6 aliphatic rings. The second-order valence-corrected chi connectivity index (χ2v) is 20.5. The maximum atomic E-state index is 14.6. The van der Waals surface area contributed by atoms with Gasteiger partial charge in [-0.25, -0.2) is 17.6 Å². The quantitative estimate of drug-likeness (QED) is 0.0633. The summed E-state index contributed by atoms with van der Waals surface area (Å²) in [5.41, 5.74) is 2.97. The van der Waals surface area contributed by atoms with Crippen LogP contribution in [0.3, 0.4) is 0 Å². The third-order valence-electron chi connectivity index (χ3n) is 16.0. The number of amides is 4. The van der Waals surface area contributed by atoms with Crippen molar-refractivity contribution in [2.24, 2.45) is 0 Å². The minimum absolute atomic E-state index is 0.00790. The Hall–Kier alpha value is -7.88. The molecule has 0 saturated carbocycles. The number of imide groups is 2. The number of H-pyrrole nitrogens is 2. The van der Waals surface area contributed by atoms with Gasteiger partial charge in [-0.05, 0) is 85.6 Å². The zero-order valence-corrected chi connectivity index (χ0v) is 41.3. The highest BCUT2D eigenvalue weighted by Gasteiger charge is 2.58. The Balaban J connectivity index is 0.000000133. The van der Waals surface area contributed by atoms with E-state index in [1.165, 1.54) is 84.1 Å². The largest absolute Gasteiger partial charge is 0.394 e. The Morgan fingerprint density at radius 1 is 0.475 bits per heavy atom. The molecule has 10 heterocycles. The van der Waals surface area contributed by atoms with Gasteiger partial charge in [-0.2, -0.15) is 0 Å². The number of fused-ring (bicyclic) bond motifs is 21. The summed E-state index contributed by atoms with van der Waals surface area (Å²) in [4.78, 5) is 58.7. The van der Waals surface area contributed by atoms with Crippen molar-refractivity contribution in [3.05, 3.63) is 118 Å². The number of aromatic amines is 2. The van der Waals surface area contributed by atoms with Gasteiger partial charge in [0.2, 0.25) is 0 Å². The predicted octanol–water partition coefficient (Wildman–Crippen LogP) is 4.97. The average Bonchev–Trinajstić information content (AvgIpc) is 2.95. The van der Waals surface area contributed by atoms with Crippen LogP contribution in [-0.4, -0.2) is 149 Å². The average molecular weight is 1100 g/mol. The van der Waals surface area contributed by atoms with Crippen molar-refractivity contribution in [2.75, 3.05) is 26.4 Å². The Morgan fingerprint density at radius 3 is 1.32 bits per heavy atom. The maximum absolute atomic E-state index is 14.6. The SMILES string of the molecule is C1CCOC1.O=C1NC(=O)c2c1c1c3cc(F)ccc3[nH]c1c1c2c2cc(F)ccc2n1C1O[C@H](CO)[C@@H](O)[C@H](O)[C@H]1O.O=C1NC(=O)c2c1c1c3cc(F)ccc3[nH]c1c1c2c2cc(F)ccc2n1C1O[C@H](CO)[C@H]2O[C@H]2[C@H]1O. The van der Waals surface area contributed by atoms with Gasteiger partial charge in [-0.1, -0.05) is 0 Å². The molecule has 16 rings (SSSR count). The molecule has 80 heavy (non-hydrogen) atoms. The summed E-state index contributed by atoms with van der Waals surface area (Å²) in [7, 11) is 0. The molecule has 10 N–H and O–H groups in total. The van der Waals surface area contributed by atoms with Crippen LogP contribution in [0.15, 0.2) is 72.8 Å². The van der Waals surface area contributed by atoms with Crippen LogP contribution in [0.4, 0.5) is 17.6 Å². The summed E-state index contributed by atoms with van der Waals surface area (Å²) in [6.45, 7) is 0.976. The third kappa shape index (κ3) is 7.24. The normalized spacial score (nSPS) is 26.1. The smallest absolute Gasteiger partial charge is 0.259 e. The van der Waals surface area contributed by atoms with Crippen LogP contribution in [0.1, 0.15) is 66.7 Å². The predicted molar refractivity (Wildman–Crippen MR) is 276 cm³/mol. The third-order valence-corrected chi connectivity index (χ3v) is 16.0. The van der Waals surface area contributed by atoms with Crippen molar-refractivity contribution < 1.29 is 86.3 Å². The van der Waals surface area contributed by atoms with Crippen LogP contribution in [0, 0.1) is 23.3 Å². The zero-order chi connectivity index (χ0) is 55.5. The van der Waals surface area contributed by atoms with Gasteiger partial charge in [0, 0.05) is 67.3 Å². The van der Waals surface area contributed by atoms with Gasteiger partial charge in [-0.15, -0.1) is 0 Å². The molecule has 24 heteroatoms. The van der Waals surface area contributed by atoms with Gasteiger partial charge >= 0.3 is 0 Å². The van der Waals surface area contributed by atoms with Crippen molar-refractivity contribution in [1.29, 1.82) is 0 Å². The molecule has 4 fully saturated rings. The molecule has 410 valence electrons. The van der Waals surface area contributed by atoms with Gasteiger partial charge < -0.3 is 68.7 Å². The second kappa shape index (κ2) is 18.3.